The number of ether oxygens (including phenoxy) is 2. The highest BCUT2D eigenvalue weighted by atomic mass is 16.5. The van der Waals surface area contributed by atoms with Gasteiger partial charge in [-0.1, -0.05) is 30.3 Å². The van der Waals surface area contributed by atoms with Crippen LogP contribution in [0.5, 0.6) is 11.5 Å². The van der Waals surface area contributed by atoms with Gasteiger partial charge in [0.05, 0.1) is 13.3 Å². The van der Waals surface area contributed by atoms with Crippen LogP contribution >= 0.6 is 0 Å². The van der Waals surface area contributed by atoms with Crippen molar-refractivity contribution < 1.29 is 23.9 Å². The van der Waals surface area contributed by atoms with Crippen LogP contribution in [-0.2, 0) is 14.4 Å². The predicted molar refractivity (Wildman–Crippen MR) is 117 cm³/mol. The summed E-state index contributed by atoms with van der Waals surface area (Å²) < 4.78 is 10.9. The van der Waals surface area contributed by atoms with E-state index in [2.05, 4.69) is 27.7 Å². The number of hydrogen-bond donors (Lipinski definition) is 3. The zero-order valence-electron chi connectivity index (χ0n) is 17.3. The molecule has 0 radical (unpaired) electrons. The second-order valence-electron chi connectivity index (χ2n) is 6.23. The number of aryl methyl sites for hydroxylation is 1. The molecule has 0 aliphatic heterocycles. The van der Waals surface area contributed by atoms with Crippen LogP contribution in [0, 0.1) is 6.92 Å². The van der Waals surface area contributed by atoms with Gasteiger partial charge in [0.25, 0.3) is 5.91 Å². The lowest BCUT2D eigenvalue weighted by molar-refractivity contribution is -0.139. The Bertz CT molecular complexity index is 988. The molecule has 0 atom stereocenters. The Labute approximate surface area is 180 Å². The van der Waals surface area contributed by atoms with Gasteiger partial charge in [-0.25, -0.2) is 5.43 Å². The maximum atomic E-state index is 12.3. The second kappa shape index (κ2) is 11.8. The minimum atomic E-state index is -0.930. The summed E-state index contributed by atoms with van der Waals surface area (Å²) in [5, 5.41) is 8.88. The molecule has 0 saturated carbocycles. The molecule has 0 fully saturated rings. The van der Waals surface area contributed by atoms with Crippen LogP contribution in [0.3, 0.4) is 0 Å². The van der Waals surface area contributed by atoms with E-state index in [1.54, 1.807) is 24.3 Å². The smallest absolute Gasteiger partial charge is 0.329 e. The molecule has 3 amide bonds. The molecule has 9 nitrogen and oxygen atoms in total. The number of anilines is 1. The van der Waals surface area contributed by atoms with Crippen molar-refractivity contribution in [2.45, 2.75) is 6.92 Å². The molecule has 0 unspecified atom stereocenters. The first kappa shape index (κ1) is 23.1. The average Bonchev–Trinajstić information content (AvgIpc) is 2.77. The highest BCUT2D eigenvalue weighted by Crippen LogP contribution is 2.30. The van der Waals surface area contributed by atoms with E-state index in [0.717, 1.165) is 5.56 Å². The molecule has 2 aromatic carbocycles. The van der Waals surface area contributed by atoms with Gasteiger partial charge in [-0.15, -0.1) is 6.58 Å². The van der Waals surface area contributed by atoms with Crippen LogP contribution in [-0.4, -0.2) is 44.2 Å². The van der Waals surface area contributed by atoms with E-state index in [-0.39, 0.29) is 24.8 Å². The van der Waals surface area contributed by atoms with Gasteiger partial charge in [-0.2, -0.15) is 5.10 Å². The molecule has 9 heteroatoms. The molecular weight excluding hydrogens is 400 g/mol. The second-order valence-corrected chi connectivity index (χ2v) is 6.23. The first-order valence-corrected chi connectivity index (χ1v) is 9.33. The molecule has 0 spiro atoms. The van der Waals surface area contributed by atoms with Gasteiger partial charge in [0.1, 0.15) is 0 Å². The van der Waals surface area contributed by atoms with Gasteiger partial charge in [0, 0.05) is 17.8 Å². The van der Waals surface area contributed by atoms with Gasteiger partial charge in [0.15, 0.2) is 18.1 Å². The molecule has 0 heterocycles. The van der Waals surface area contributed by atoms with Crippen LogP contribution in [0.15, 0.2) is 60.2 Å². The Morgan fingerprint density at radius 3 is 2.58 bits per heavy atom. The first-order valence-electron chi connectivity index (χ1n) is 9.33. The van der Waals surface area contributed by atoms with Crippen molar-refractivity contribution in [1.29, 1.82) is 0 Å². The number of nitrogens with one attached hydrogen (secondary N) is 3. The first-order chi connectivity index (χ1) is 15.0. The van der Waals surface area contributed by atoms with E-state index in [4.69, 9.17) is 9.47 Å². The Morgan fingerprint density at radius 2 is 1.87 bits per heavy atom. The lowest BCUT2D eigenvalue weighted by Gasteiger charge is -2.13. The summed E-state index contributed by atoms with van der Waals surface area (Å²) in [5.41, 5.74) is 4.17. The summed E-state index contributed by atoms with van der Waals surface area (Å²) in [7, 11) is 1.46. The maximum absolute atomic E-state index is 12.3. The van der Waals surface area contributed by atoms with Crippen LogP contribution in [0.2, 0.25) is 0 Å². The third-order valence-corrected chi connectivity index (χ3v) is 3.98. The normalized spacial score (nSPS) is 10.3. The van der Waals surface area contributed by atoms with Crippen molar-refractivity contribution in [2.24, 2.45) is 5.10 Å². The number of amides is 3. The van der Waals surface area contributed by atoms with Crippen molar-refractivity contribution in [3.8, 4) is 11.5 Å². The van der Waals surface area contributed by atoms with Crippen molar-refractivity contribution in [3.63, 3.8) is 0 Å². The lowest BCUT2D eigenvalue weighted by Crippen LogP contribution is -2.37. The molecule has 2 aromatic rings. The molecule has 0 aromatic heterocycles. The number of para-hydroxylation sites is 2. The van der Waals surface area contributed by atoms with Crippen molar-refractivity contribution in [1.82, 2.24) is 10.7 Å². The van der Waals surface area contributed by atoms with Gasteiger partial charge in [0.2, 0.25) is 0 Å². The zero-order chi connectivity index (χ0) is 22.6. The van der Waals surface area contributed by atoms with Crippen molar-refractivity contribution in [3.05, 3.63) is 66.2 Å². The maximum Gasteiger partial charge on any atom is 0.329 e. The lowest BCUT2D eigenvalue weighted by atomic mass is 10.2. The molecule has 31 heavy (non-hydrogen) atoms. The Morgan fingerprint density at radius 1 is 1.10 bits per heavy atom. The number of carbonyl (C=O) groups is 3. The van der Waals surface area contributed by atoms with E-state index in [1.807, 2.05) is 25.1 Å². The van der Waals surface area contributed by atoms with E-state index >= 15 is 0 Å². The van der Waals surface area contributed by atoms with Gasteiger partial charge >= 0.3 is 11.8 Å². The SMILES string of the molecule is C=CCNC(=O)C(=O)N/N=C\c1cccc(OC)c1OCC(=O)Nc1ccccc1C. The quantitative estimate of drug-likeness (QED) is 0.245. The molecule has 3 N–H and O–H groups in total. The number of carbonyl (C=O) groups excluding carboxylic acids is 3. The molecule has 162 valence electrons. The summed E-state index contributed by atoms with van der Waals surface area (Å²) in [6.45, 7) is 5.22. The minimum absolute atomic E-state index is 0.161. The molecule has 2 rings (SSSR count). The summed E-state index contributed by atoms with van der Waals surface area (Å²) in [5.74, 6) is -1.48. The van der Waals surface area contributed by atoms with Gasteiger partial charge in [-0.3, -0.25) is 14.4 Å². The van der Waals surface area contributed by atoms with E-state index in [1.165, 1.54) is 19.4 Å². The highest BCUT2D eigenvalue weighted by molar-refractivity contribution is 6.35. The van der Waals surface area contributed by atoms with Crippen molar-refractivity contribution >= 4 is 29.6 Å². The Hall–Kier alpha value is -4.14. The summed E-state index contributed by atoms with van der Waals surface area (Å²) in [6.07, 6.45) is 2.74. The monoisotopic (exact) mass is 424 g/mol. The van der Waals surface area contributed by atoms with E-state index < -0.39 is 11.8 Å². The Balaban J connectivity index is 2.05. The van der Waals surface area contributed by atoms with Crippen LogP contribution < -0.4 is 25.5 Å². The third kappa shape index (κ3) is 7.00. The molecule has 0 saturated heterocycles. The Kier molecular flexibility index (Phi) is 8.78. The van der Waals surface area contributed by atoms with E-state index in [0.29, 0.717) is 17.0 Å². The summed E-state index contributed by atoms with van der Waals surface area (Å²) in [6, 6.07) is 12.4. The van der Waals surface area contributed by atoms with E-state index in [9.17, 15) is 14.4 Å². The average molecular weight is 424 g/mol. The van der Waals surface area contributed by atoms with Crippen LogP contribution in [0.1, 0.15) is 11.1 Å². The fourth-order valence-corrected chi connectivity index (χ4v) is 2.44. The predicted octanol–water partition coefficient (Wildman–Crippen LogP) is 1.77. The largest absolute Gasteiger partial charge is 0.493 e. The number of rotatable bonds is 9. The molecule has 0 aliphatic carbocycles. The number of hydrazone groups is 1. The summed E-state index contributed by atoms with van der Waals surface area (Å²) >= 11 is 0. The molecule has 0 bridgehead atoms. The van der Waals surface area contributed by atoms with Gasteiger partial charge < -0.3 is 20.1 Å². The fourth-order valence-electron chi connectivity index (χ4n) is 2.44. The van der Waals surface area contributed by atoms with Crippen LogP contribution in [0.25, 0.3) is 0 Å². The molecular formula is C22H24N4O5. The zero-order valence-corrected chi connectivity index (χ0v) is 17.3. The third-order valence-electron chi connectivity index (χ3n) is 3.98. The topological polar surface area (TPSA) is 118 Å². The number of benzene rings is 2. The summed E-state index contributed by atoms with van der Waals surface area (Å²) in [4.78, 5) is 35.5. The number of hydrogen-bond acceptors (Lipinski definition) is 6. The van der Waals surface area contributed by atoms with Gasteiger partial charge in [-0.05, 0) is 30.7 Å². The van der Waals surface area contributed by atoms with Crippen molar-refractivity contribution in [2.75, 3.05) is 25.6 Å². The molecule has 0 aliphatic rings. The number of methoxy groups -OCH3 is 1. The fraction of sp³-hybridized carbons (Fsp3) is 0.182. The van der Waals surface area contributed by atoms with Crippen LogP contribution in [0.4, 0.5) is 5.69 Å². The number of nitrogens with zero attached hydrogens (tertiary/aromatic N) is 1. The highest BCUT2D eigenvalue weighted by Gasteiger charge is 2.14. The standard InChI is InChI=1S/C22H24N4O5/c1-4-12-23-21(28)22(29)26-24-13-16-9-7-11-18(30-3)20(16)31-14-19(27)25-17-10-6-5-8-15(17)2/h4-11,13H,1,12,14H2,2-3H3,(H,23,28)(H,25,27)(H,26,29)/b24-13-. The minimum Gasteiger partial charge on any atom is -0.493 e.